The predicted octanol–water partition coefficient (Wildman–Crippen LogP) is 5.43. The third-order valence-electron chi connectivity index (χ3n) is 4.69. The number of amides is 1. The molecule has 1 heterocycles. The average Bonchev–Trinajstić information content (AvgIpc) is 3.11. The number of methoxy groups -OCH3 is 1. The van der Waals surface area contributed by atoms with E-state index in [1.54, 1.807) is 18.9 Å². The van der Waals surface area contributed by atoms with Crippen LogP contribution in [0.5, 0.6) is 5.75 Å². The van der Waals surface area contributed by atoms with E-state index in [4.69, 9.17) is 4.74 Å². The Morgan fingerprint density at radius 1 is 0.966 bits per heavy atom. The highest BCUT2D eigenvalue weighted by molar-refractivity contribution is 8.00. The molecule has 1 N–H and O–H groups in total. The summed E-state index contributed by atoms with van der Waals surface area (Å²) < 4.78 is 7.54. The summed E-state index contributed by atoms with van der Waals surface area (Å²) in [4.78, 5) is 13.6. The molecular weight excluding hydrogens is 380 g/mol. The van der Waals surface area contributed by atoms with Gasteiger partial charge < -0.3 is 14.6 Å². The van der Waals surface area contributed by atoms with E-state index in [0.717, 1.165) is 11.4 Å². The first-order valence-corrected chi connectivity index (χ1v) is 10.4. The minimum absolute atomic E-state index is 0.0561. The summed E-state index contributed by atoms with van der Waals surface area (Å²) in [6.07, 6.45) is 2.14. The molecule has 0 radical (unpaired) electrons. The van der Waals surface area contributed by atoms with Gasteiger partial charge in [-0.25, -0.2) is 0 Å². The van der Waals surface area contributed by atoms with E-state index >= 15 is 0 Å². The van der Waals surface area contributed by atoms with Crippen LogP contribution in [0.25, 0.3) is 10.9 Å². The third-order valence-corrected chi connectivity index (χ3v) is 5.73. The Morgan fingerprint density at radius 2 is 1.69 bits per heavy atom. The van der Waals surface area contributed by atoms with Gasteiger partial charge in [-0.1, -0.05) is 60.7 Å². The van der Waals surface area contributed by atoms with E-state index in [0.29, 0.717) is 17.2 Å². The lowest BCUT2D eigenvalue weighted by molar-refractivity contribution is -0.113. The fourth-order valence-corrected chi connectivity index (χ4v) is 4.21. The Labute approximate surface area is 174 Å². The number of thioether (sulfide) groups is 1. The molecule has 146 valence electrons. The van der Waals surface area contributed by atoms with Gasteiger partial charge in [-0.05, 0) is 23.8 Å². The summed E-state index contributed by atoms with van der Waals surface area (Å²) in [7, 11) is 1.60. The second-order valence-corrected chi connectivity index (χ2v) is 7.68. The van der Waals surface area contributed by atoms with Gasteiger partial charge >= 0.3 is 0 Å². The highest BCUT2D eigenvalue weighted by atomic mass is 32.2. The third kappa shape index (κ3) is 4.46. The topological polar surface area (TPSA) is 43.3 Å². The monoisotopic (exact) mass is 402 g/mol. The molecule has 4 aromatic rings. The van der Waals surface area contributed by atoms with Crippen molar-refractivity contribution in [1.82, 2.24) is 4.57 Å². The number of aromatic nitrogens is 1. The van der Waals surface area contributed by atoms with Crippen LogP contribution in [0, 0.1) is 0 Å². The first-order chi connectivity index (χ1) is 14.2. The lowest BCUT2D eigenvalue weighted by Crippen LogP contribution is -2.14. The number of hydrogen-bond acceptors (Lipinski definition) is 3. The van der Waals surface area contributed by atoms with E-state index in [1.165, 1.54) is 16.5 Å². The molecule has 1 aromatic heterocycles. The molecule has 5 heteroatoms. The molecule has 0 aliphatic carbocycles. The number of carbonyl (C=O) groups excluding carboxylic acids is 1. The number of anilines is 1. The van der Waals surface area contributed by atoms with Crippen molar-refractivity contribution in [3.8, 4) is 5.75 Å². The predicted molar refractivity (Wildman–Crippen MR) is 120 cm³/mol. The van der Waals surface area contributed by atoms with Crippen LogP contribution in [-0.2, 0) is 11.3 Å². The van der Waals surface area contributed by atoms with Gasteiger partial charge in [0.05, 0.1) is 18.6 Å². The van der Waals surface area contributed by atoms with Crippen LogP contribution in [0.4, 0.5) is 5.69 Å². The molecule has 0 fully saturated rings. The van der Waals surface area contributed by atoms with Gasteiger partial charge in [0, 0.05) is 28.5 Å². The fraction of sp³-hybridized carbons (Fsp3) is 0.125. The Balaban J connectivity index is 1.50. The molecule has 0 unspecified atom stereocenters. The summed E-state index contributed by atoms with van der Waals surface area (Å²) in [5, 5.41) is 4.10. The smallest absolute Gasteiger partial charge is 0.234 e. The molecule has 4 nitrogen and oxygen atoms in total. The summed E-state index contributed by atoms with van der Waals surface area (Å²) in [6, 6.07) is 26.1. The van der Waals surface area contributed by atoms with Crippen LogP contribution in [0.15, 0.2) is 90.0 Å². The Kier molecular flexibility index (Phi) is 5.86. The SMILES string of the molecule is COc1ccccc1NC(=O)CSc1cn(Cc2ccccc2)c2ccccc12. The standard InChI is InChI=1S/C24H22N2O2S/c1-28-22-14-8-6-12-20(22)25-24(27)17-29-23-16-26(15-18-9-3-2-4-10-18)21-13-7-5-11-19(21)23/h2-14,16H,15,17H2,1H3,(H,25,27). The van der Waals surface area contributed by atoms with Gasteiger partial charge in [-0.2, -0.15) is 0 Å². The molecule has 0 spiro atoms. The molecule has 29 heavy (non-hydrogen) atoms. The van der Waals surface area contributed by atoms with Crippen molar-refractivity contribution in [2.24, 2.45) is 0 Å². The molecule has 0 bridgehead atoms. The number of nitrogens with one attached hydrogen (secondary N) is 1. The van der Waals surface area contributed by atoms with Gasteiger partial charge in [0.15, 0.2) is 0 Å². The molecule has 4 rings (SSSR count). The Morgan fingerprint density at radius 3 is 2.52 bits per heavy atom. The second kappa shape index (κ2) is 8.88. The highest BCUT2D eigenvalue weighted by Crippen LogP contribution is 2.31. The number of carbonyl (C=O) groups is 1. The van der Waals surface area contributed by atoms with Gasteiger partial charge in [-0.3, -0.25) is 4.79 Å². The molecule has 3 aromatic carbocycles. The normalized spacial score (nSPS) is 10.8. The van der Waals surface area contributed by atoms with Crippen molar-refractivity contribution in [2.75, 3.05) is 18.2 Å². The quantitative estimate of drug-likeness (QED) is 0.419. The van der Waals surface area contributed by atoms with Crippen molar-refractivity contribution in [3.63, 3.8) is 0 Å². The Bertz CT molecular complexity index is 1120. The molecule has 0 saturated carbocycles. The lowest BCUT2D eigenvalue weighted by atomic mass is 10.2. The van der Waals surface area contributed by atoms with E-state index in [2.05, 4.69) is 52.5 Å². The Hall–Kier alpha value is -3.18. The average molecular weight is 403 g/mol. The van der Waals surface area contributed by atoms with E-state index < -0.39 is 0 Å². The number of hydrogen-bond donors (Lipinski definition) is 1. The van der Waals surface area contributed by atoms with Crippen LogP contribution >= 0.6 is 11.8 Å². The number of nitrogens with zero attached hydrogens (tertiary/aromatic N) is 1. The van der Waals surface area contributed by atoms with Crippen molar-refractivity contribution in [3.05, 3.63) is 90.6 Å². The second-order valence-electron chi connectivity index (χ2n) is 6.66. The van der Waals surface area contributed by atoms with E-state index in [-0.39, 0.29) is 5.91 Å². The van der Waals surface area contributed by atoms with Gasteiger partial charge in [-0.15, -0.1) is 11.8 Å². The maximum absolute atomic E-state index is 12.5. The van der Waals surface area contributed by atoms with E-state index in [9.17, 15) is 4.79 Å². The zero-order valence-corrected chi connectivity index (χ0v) is 17.0. The molecule has 0 saturated heterocycles. The van der Waals surface area contributed by atoms with Crippen LogP contribution in [-0.4, -0.2) is 23.3 Å². The molecule has 0 aliphatic heterocycles. The van der Waals surface area contributed by atoms with Crippen LogP contribution in [0.2, 0.25) is 0 Å². The number of para-hydroxylation sites is 3. The first-order valence-electron chi connectivity index (χ1n) is 9.42. The highest BCUT2D eigenvalue weighted by Gasteiger charge is 2.12. The number of benzene rings is 3. The van der Waals surface area contributed by atoms with Crippen molar-refractivity contribution >= 4 is 34.3 Å². The molecule has 1 amide bonds. The zero-order chi connectivity index (χ0) is 20.1. The molecular formula is C24H22N2O2S. The van der Waals surface area contributed by atoms with Crippen molar-refractivity contribution in [2.45, 2.75) is 11.4 Å². The number of fused-ring (bicyclic) bond motifs is 1. The zero-order valence-electron chi connectivity index (χ0n) is 16.2. The summed E-state index contributed by atoms with van der Waals surface area (Å²) in [5.41, 5.74) is 3.11. The maximum Gasteiger partial charge on any atom is 0.234 e. The minimum Gasteiger partial charge on any atom is -0.495 e. The van der Waals surface area contributed by atoms with Crippen molar-refractivity contribution < 1.29 is 9.53 Å². The van der Waals surface area contributed by atoms with Crippen LogP contribution in [0.1, 0.15) is 5.56 Å². The van der Waals surface area contributed by atoms with Gasteiger partial charge in [0.25, 0.3) is 0 Å². The summed E-state index contributed by atoms with van der Waals surface area (Å²) in [5.74, 6) is 0.932. The van der Waals surface area contributed by atoms with Crippen molar-refractivity contribution in [1.29, 1.82) is 0 Å². The summed E-state index contributed by atoms with van der Waals surface area (Å²) in [6.45, 7) is 0.801. The van der Waals surface area contributed by atoms with Gasteiger partial charge in [0.1, 0.15) is 5.75 Å². The molecule has 0 atom stereocenters. The minimum atomic E-state index is -0.0561. The fourth-order valence-electron chi connectivity index (χ4n) is 3.32. The van der Waals surface area contributed by atoms with E-state index in [1.807, 2.05) is 42.5 Å². The molecule has 0 aliphatic rings. The maximum atomic E-state index is 12.5. The number of ether oxygens (including phenoxy) is 1. The first kappa shape index (κ1) is 19.2. The lowest BCUT2D eigenvalue weighted by Gasteiger charge is -2.09. The van der Waals surface area contributed by atoms with Crippen LogP contribution < -0.4 is 10.1 Å². The number of rotatable bonds is 7. The van der Waals surface area contributed by atoms with Crippen LogP contribution in [0.3, 0.4) is 0 Å². The largest absolute Gasteiger partial charge is 0.495 e. The summed E-state index contributed by atoms with van der Waals surface area (Å²) >= 11 is 1.55. The van der Waals surface area contributed by atoms with Gasteiger partial charge in [0.2, 0.25) is 5.91 Å².